The highest BCUT2D eigenvalue weighted by atomic mass is 35.5. The largest absolute Gasteiger partial charge is 0.406 e. The Morgan fingerprint density at radius 1 is 1.32 bits per heavy atom. The van der Waals surface area contributed by atoms with Crippen LogP contribution in [0.3, 0.4) is 0 Å². The Morgan fingerprint density at radius 3 is 2.95 bits per heavy atom. The lowest BCUT2D eigenvalue weighted by molar-refractivity contribution is 0.479. The van der Waals surface area contributed by atoms with Crippen molar-refractivity contribution in [2.75, 3.05) is 11.9 Å². The molecule has 0 atom stereocenters. The molecule has 0 aliphatic rings. The van der Waals surface area contributed by atoms with E-state index in [1.807, 2.05) is 25.1 Å². The Bertz CT molecular complexity index is 541. The first kappa shape index (κ1) is 13.8. The van der Waals surface area contributed by atoms with Crippen LogP contribution in [0.4, 0.5) is 11.7 Å². The highest BCUT2D eigenvalue weighted by Crippen LogP contribution is 2.25. The maximum Gasteiger partial charge on any atom is 0.320 e. The summed E-state index contributed by atoms with van der Waals surface area (Å²) in [5, 5.41) is 14.7. The van der Waals surface area contributed by atoms with Crippen molar-refractivity contribution in [1.29, 1.82) is 0 Å². The summed E-state index contributed by atoms with van der Waals surface area (Å²) in [5.74, 6) is 0.555. The van der Waals surface area contributed by atoms with E-state index in [0.717, 1.165) is 24.2 Å². The molecule has 0 unspecified atom stereocenters. The van der Waals surface area contributed by atoms with E-state index in [1.165, 1.54) is 0 Å². The van der Waals surface area contributed by atoms with Crippen LogP contribution in [-0.2, 0) is 6.54 Å². The Labute approximate surface area is 117 Å². The second-order valence-corrected chi connectivity index (χ2v) is 4.69. The smallest absolute Gasteiger partial charge is 0.320 e. The standard InChI is InChI=1S/C13H17ClN4O/c1-3-6-15-8-12-17-18-13(19-12)16-11-7-9(2)4-5-10(11)14/h4-5,7,15H,3,6,8H2,1-2H3,(H,16,18). The third-order valence-corrected chi connectivity index (χ3v) is 2.86. The summed E-state index contributed by atoms with van der Waals surface area (Å²) in [6, 6.07) is 6.06. The van der Waals surface area contributed by atoms with Crippen molar-refractivity contribution >= 4 is 23.3 Å². The monoisotopic (exact) mass is 280 g/mol. The van der Waals surface area contributed by atoms with Crippen molar-refractivity contribution in [3.8, 4) is 0 Å². The zero-order valence-corrected chi connectivity index (χ0v) is 11.8. The van der Waals surface area contributed by atoms with Gasteiger partial charge in [-0.1, -0.05) is 29.7 Å². The number of nitrogens with zero attached hydrogens (tertiary/aromatic N) is 2. The molecular weight excluding hydrogens is 264 g/mol. The second-order valence-electron chi connectivity index (χ2n) is 4.29. The van der Waals surface area contributed by atoms with E-state index in [9.17, 15) is 0 Å². The van der Waals surface area contributed by atoms with Crippen LogP contribution in [0.15, 0.2) is 22.6 Å². The summed E-state index contributed by atoms with van der Waals surface area (Å²) < 4.78 is 5.47. The fraction of sp³-hybridized carbons (Fsp3) is 0.385. The first-order chi connectivity index (χ1) is 9.19. The van der Waals surface area contributed by atoms with Crippen molar-refractivity contribution in [2.24, 2.45) is 0 Å². The zero-order valence-electron chi connectivity index (χ0n) is 11.0. The van der Waals surface area contributed by atoms with Crippen LogP contribution in [0.25, 0.3) is 0 Å². The van der Waals surface area contributed by atoms with E-state index < -0.39 is 0 Å². The van der Waals surface area contributed by atoms with Gasteiger partial charge in [0.15, 0.2) is 0 Å². The number of hydrogen-bond donors (Lipinski definition) is 2. The fourth-order valence-electron chi connectivity index (χ4n) is 1.60. The third kappa shape index (κ3) is 3.94. The lowest BCUT2D eigenvalue weighted by Crippen LogP contribution is -2.13. The van der Waals surface area contributed by atoms with Gasteiger partial charge in [-0.3, -0.25) is 0 Å². The Hall–Kier alpha value is -1.59. The number of anilines is 2. The van der Waals surface area contributed by atoms with Crippen LogP contribution >= 0.6 is 11.6 Å². The van der Waals surface area contributed by atoms with Gasteiger partial charge in [0.25, 0.3) is 0 Å². The molecule has 0 fully saturated rings. The number of aryl methyl sites for hydroxylation is 1. The number of rotatable bonds is 6. The van der Waals surface area contributed by atoms with Crippen molar-refractivity contribution in [3.05, 3.63) is 34.7 Å². The number of halogens is 1. The molecule has 19 heavy (non-hydrogen) atoms. The summed E-state index contributed by atoms with van der Waals surface area (Å²) in [6.07, 6.45) is 1.07. The maximum absolute atomic E-state index is 6.09. The molecule has 0 spiro atoms. The van der Waals surface area contributed by atoms with E-state index in [-0.39, 0.29) is 0 Å². The molecule has 2 N–H and O–H groups in total. The van der Waals surface area contributed by atoms with Crippen LogP contribution in [0.1, 0.15) is 24.8 Å². The molecule has 0 saturated carbocycles. The number of aromatic nitrogens is 2. The molecule has 5 nitrogen and oxygen atoms in total. The number of nitrogens with one attached hydrogen (secondary N) is 2. The molecule has 1 heterocycles. The zero-order chi connectivity index (χ0) is 13.7. The molecule has 2 aromatic rings. The minimum absolute atomic E-state index is 0.348. The molecule has 0 saturated heterocycles. The Morgan fingerprint density at radius 2 is 2.16 bits per heavy atom. The Kier molecular flexibility index (Phi) is 4.76. The van der Waals surface area contributed by atoms with Gasteiger partial charge in [0.2, 0.25) is 5.89 Å². The molecular formula is C13H17ClN4O. The quantitative estimate of drug-likeness (QED) is 0.795. The average Bonchev–Trinajstić information content (AvgIpc) is 2.82. The Balaban J connectivity index is 2.01. The summed E-state index contributed by atoms with van der Waals surface area (Å²) in [5.41, 5.74) is 1.87. The van der Waals surface area contributed by atoms with Crippen LogP contribution < -0.4 is 10.6 Å². The van der Waals surface area contributed by atoms with Crippen molar-refractivity contribution < 1.29 is 4.42 Å². The normalized spacial score (nSPS) is 10.7. The minimum atomic E-state index is 0.348. The van der Waals surface area contributed by atoms with Gasteiger partial charge >= 0.3 is 6.01 Å². The van der Waals surface area contributed by atoms with Gasteiger partial charge < -0.3 is 15.1 Å². The second kappa shape index (κ2) is 6.54. The molecule has 0 aliphatic heterocycles. The minimum Gasteiger partial charge on any atom is -0.406 e. The summed E-state index contributed by atoms with van der Waals surface area (Å²) in [4.78, 5) is 0. The molecule has 2 rings (SSSR count). The molecule has 6 heteroatoms. The average molecular weight is 281 g/mol. The molecule has 0 amide bonds. The highest BCUT2D eigenvalue weighted by Gasteiger charge is 2.08. The van der Waals surface area contributed by atoms with E-state index in [4.69, 9.17) is 16.0 Å². The van der Waals surface area contributed by atoms with Gasteiger partial charge in [0, 0.05) is 0 Å². The van der Waals surface area contributed by atoms with Gasteiger partial charge in [0.05, 0.1) is 17.3 Å². The third-order valence-electron chi connectivity index (χ3n) is 2.53. The molecule has 1 aromatic heterocycles. The summed E-state index contributed by atoms with van der Waals surface area (Å²) >= 11 is 6.09. The predicted molar refractivity (Wildman–Crippen MR) is 75.8 cm³/mol. The van der Waals surface area contributed by atoms with Crippen LogP contribution in [-0.4, -0.2) is 16.7 Å². The number of benzene rings is 1. The van der Waals surface area contributed by atoms with Gasteiger partial charge in [-0.05, 0) is 37.6 Å². The number of hydrogen-bond acceptors (Lipinski definition) is 5. The molecule has 1 aromatic carbocycles. The summed E-state index contributed by atoms with van der Waals surface area (Å²) in [7, 11) is 0. The van der Waals surface area contributed by atoms with Crippen molar-refractivity contribution in [3.63, 3.8) is 0 Å². The van der Waals surface area contributed by atoms with Gasteiger partial charge in [0.1, 0.15) is 0 Å². The molecule has 0 radical (unpaired) electrons. The van der Waals surface area contributed by atoms with Crippen LogP contribution in [0.2, 0.25) is 5.02 Å². The topological polar surface area (TPSA) is 63.0 Å². The first-order valence-corrected chi connectivity index (χ1v) is 6.63. The maximum atomic E-state index is 6.09. The van der Waals surface area contributed by atoms with Crippen molar-refractivity contribution in [1.82, 2.24) is 15.5 Å². The molecule has 0 bridgehead atoms. The fourth-order valence-corrected chi connectivity index (χ4v) is 1.76. The van der Waals surface area contributed by atoms with Crippen LogP contribution in [0.5, 0.6) is 0 Å². The lowest BCUT2D eigenvalue weighted by atomic mass is 10.2. The lowest BCUT2D eigenvalue weighted by Gasteiger charge is -2.04. The predicted octanol–water partition coefficient (Wildman–Crippen LogP) is 3.27. The molecule has 0 aliphatic carbocycles. The van der Waals surface area contributed by atoms with Crippen LogP contribution in [0, 0.1) is 6.92 Å². The SMILES string of the molecule is CCCNCc1nnc(Nc2cc(C)ccc2Cl)o1. The van der Waals surface area contributed by atoms with E-state index >= 15 is 0 Å². The van der Waals surface area contributed by atoms with Gasteiger partial charge in [-0.15, -0.1) is 5.10 Å². The van der Waals surface area contributed by atoms with Crippen molar-refractivity contribution in [2.45, 2.75) is 26.8 Å². The summed E-state index contributed by atoms with van der Waals surface area (Å²) in [6.45, 7) is 5.60. The van der Waals surface area contributed by atoms with Gasteiger partial charge in [-0.25, -0.2) is 0 Å². The van der Waals surface area contributed by atoms with Gasteiger partial charge in [-0.2, -0.15) is 0 Å². The first-order valence-electron chi connectivity index (χ1n) is 6.25. The van der Waals surface area contributed by atoms with E-state index in [0.29, 0.717) is 23.5 Å². The van der Waals surface area contributed by atoms with E-state index in [2.05, 4.69) is 27.8 Å². The highest BCUT2D eigenvalue weighted by molar-refractivity contribution is 6.33. The molecule has 102 valence electrons. The van der Waals surface area contributed by atoms with E-state index in [1.54, 1.807) is 0 Å².